The first-order chi connectivity index (χ1) is 23.7. The highest BCUT2D eigenvalue weighted by molar-refractivity contribution is 6.74. The molecular weight excluding hydrogens is 685 g/mol. The highest BCUT2D eigenvalue weighted by Gasteiger charge is 2.52. The molecule has 0 spiro atoms. The van der Waals surface area contributed by atoms with Crippen molar-refractivity contribution in [3.63, 3.8) is 0 Å². The Balaban J connectivity index is 1.89. The Morgan fingerprint density at radius 1 is 0.902 bits per heavy atom. The predicted molar refractivity (Wildman–Crippen MR) is 189 cm³/mol. The molecule has 0 radical (unpaired) electrons. The van der Waals surface area contributed by atoms with E-state index < -0.39 is 85.6 Å². The molecule has 1 heterocycles. The number of anilines is 1. The monoisotopic (exact) mass is 730 g/mol. The SMILES string of the molecule is CC(C)C(NC(=O)Cn1ccc(C(=O)NCC(=O)c2ccccc2)c(NC(=O)OCc2ccccc2)c1=O)C(O[Si](C)(C)C(C)(C)C)C(F)(F)F. The van der Waals surface area contributed by atoms with Crippen LogP contribution in [-0.4, -0.2) is 61.4 Å². The average molecular weight is 731 g/mol. The molecule has 15 heteroatoms. The number of nitrogens with zero attached hydrogens (tertiary/aromatic N) is 1. The number of pyridine rings is 1. The highest BCUT2D eigenvalue weighted by Crippen LogP contribution is 2.41. The topological polar surface area (TPSA) is 145 Å². The van der Waals surface area contributed by atoms with Crippen LogP contribution in [0.25, 0.3) is 0 Å². The molecule has 0 bridgehead atoms. The lowest BCUT2D eigenvalue weighted by atomic mass is 9.98. The number of hydrogen-bond acceptors (Lipinski definition) is 7. The number of aromatic nitrogens is 1. The van der Waals surface area contributed by atoms with E-state index in [1.54, 1.807) is 94.5 Å². The third kappa shape index (κ3) is 11.4. The minimum absolute atomic E-state index is 0.170. The van der Waals surface area contributed by atoms with Crippen molar-refractivity contribution in [1.29, 1.82) is 0 Å². The fraction of sp³-hybridized carbons (Fsp3) is 0.417. The molecule has 0 saturated heterocycles. The first kappa shape index (κ1) is 40.7. The number of amides is 3. The normalized spacial score (nSPS) is 13.2. The van der Waals surface area contributed by atoms with Crippen molar-refractivity contribution >= 4 is 37.7 Å². The maximum absolute atomic E-state index is 14.4. The van der Waals surface area contributed by atoms with Crippen LogP contribution in [0.15, 0.2) is 77.7 Å². The smallest absolute Gasteiger partial charge is 0.415 e. The van der Waals surface area contributed by atoms with Crippen LogP contribution in [0.2, 0.25) is 18.1 Å². The van der Waals surface area contributed by atoms with Gasteiger partial charge in [0.05, 0.1) is 18.2 Å². The van der Waals surface area contributed by atoms with Crippen LogP contribution in [-0.2, 0) is 27.1 Å². The largest absolute Gasteiger partial charge is 0.444 e. The van der Waals surface area contributed by atoms with Crippen molar-refractivity contribution in [3.05, 3.63) is 100.0 Å². The van der Waals surface area contributed by atoms with Crippen molar-refractivity contribution in [1.82, 2.24) is 15.2 Å². The number of benzene rings is 2. The molecule has 276 valence electrons. The zero-order valence-corrected chi connectivity index (χ0v) is 30.7. The summed E-state index contributed by atoms with van der Waals surface area (Å²) in [5.41, 5.74) is -0.947. The fourth-order valence-electron chi connectivity index (χ4n) is 4.67. The van der Waals surface area contributed by atoms with E-state index in [9.17, 15) is 37.1 Å². The summed E-state index contributed by atoms with van der Waals surface area (Å²) in [4.78, 5) is 65.6. The number of hydrogen-bond donors (Lipinski definition) is 3. The van der Waals surface area contributed by atoms with Crippen molar-refractivity contribution in [2.45, 2.75) is 84.2 Å². The van der Waals surface area contributed by atoms with Crippen molar-refractivity contribution < 1.29 is 41.5 Å². The number of Topliss-reactive ketones (excluding diaryl/α,β-unsaturated/α-hetero) is 1. The molecule has 2 atom stereocenters. The zero-order valence-electron chi connectivity index (χ0n) is 29.7. The number of alkyl halides is 3. The van der Waals surface area contributed by atoms with E-state index in [2.05, 4.69) is 16.0 Å². The highest BCUT2D eigenvalue weighted by atomic mass is 28.4. The summed E-state index contributed by atoms with van der Waals surface area (Å²) in [5.74, 6) is -2.96. The van der Waals surface area contributed by atoms with E-state index in [0.717, 1.165) is 16.8 Å². The van der Waals surface area contributed by atoms with E-state index in [0.29, 0.717) is 11.1 Å². The molecule has 0 fully saturated rings. The molecule has 1 aromatic heterocycles. The molecule has 2 aromatic carbocycles. The number of nitrogens with one attached hydrogen (secondary N) is 3. The number of halogens is 3. The van der Waals surface area contributed by atoms with Gasteiger partial charge in [0.15, 0.2) is 20.2 Å². The second kappa shape index (κ2) is 17.0. The summed E-state index contributed by atoms with van der Waals surface area (Å²) in [5, 5.41) is 6.54. The molecule has 0 aliphatic rings. The molecular formula is C36H45F3N4O7Si. The quantitative estimate of drug-likeness (QED) is 0.130. The maximum Gasteiger partial charge on any atom is 0.415 e. The lowest BCUT2D eigenvalue weighted by molar-refractivity contribution is -0.210. The van der Waals surface area contributed by atoms with Gasteiger partial charge in [0.2, 0.25) is 5.91 Å². The molecule has 11 nitrogen and oxygen atoms in total. The molecule has 0 aliphatic heterocycles. The Kier molecular flexibility index (Phi) is 13.5. The van der Waals surface area contributed by atoms with E-state index in [4.69, 9.17) is 9.16 Å². The van der Waals surface area contributed by atoms with Crippen molar-refractivity contribution in [2.24, 2.45) is 5.92 Å². The van der Waals surface area contributed by atoms with Crippen LogP contribution in [0.3, 0.4) is 0 Å². The predicted octanol–water partition coefficient (Wildman–Crippen LogP) is 6.30. The first-order valence-electron chi connectivity index (χ1n) is 16.3. The third-order valence-corrected chi connectivity index (χ3v) is 13.0. The van der Waals surface area contributed by atoms with Crippen LogP contribution in [0.5, 0.6) is 0 Å². The van der Waals surface area contributed by atoms with Gasteiger partial charge in [-0.2, -0.15) is 13.2 Å². The molecule has 3 amide bonds. The maximum atomic E-state index is 14.4. The summed E-state index contributed by atoms with van der Waals surface area (Å²) in [7, 11) is -2.96. The summed E-state index contributed by atoms with van der Waals surface area (Å²) in [6.07, 6.45) is -7.14. The lowest BCUT2D eigenvalue weighted by Gasteiger charge is -2.42. The summed E-state index contributed by atoms with van der Waals surface area (Å²) >= 11 is 0. The summed E-state index contributed by atoms with van der Waals surface area (Å²) in [6, 6.07) is 16.5. The van der Waals surface area contributed by atoms with Gasteiger partial charge >= 0.3 is 12.3 Å². The van der Waals surface area contributed by atoms with Crippen LogP contribution in [0.4, 0.5) is 23.7 Å². The standard InChI is InChI=1S/C36H45F3N4O7Si/c1-23(2)29(31(36(37,38)39)50-51(6,7)35(3,4)5)41-28(45)21-43-19-18-26(32(46)40-20-27(44)25-16-12-9-13-17-25)30(33(43)47)42-34(48)49-22-24-14-10-8-11-15-24/h8-19,23,29,31H,20-22H2,1-7H3,(H,40,46)(H,41,45)(H,42,48). The second-order valence-electron chi connectivity index (χ2n) is 13.9. The van der Waals surface area contributed by atoms with E-state index in [1.165, 1.54) is 13.8 Å². The van der Waals surface area contributed by atoms with Crippen molar-refractivity contribution in [3.8, 4) is 0 Å². The second-order valence-corrected chi connectivity index (χ2v) is 18.6. The van der Waals surface area contributed by atoms with Crippen LogP contribution < -0.4 is 21.5 Å². The van der Waals surface area contributed by atoms with Gasteiger partial charge in [0.25, 0.3) is 11.5 Å². The number of rotatable bonds is 14. The Labute approximate surface area is 296 Å². The summed E-state index contributed by atoms with van der Waals surface area (Å²) in [6.45, 7) is 10.4. The molecule has 3 aromatic rings. The van der Waals surface area contributed by atoms with Gasteiger partial charge in [-0.05, 0) is 35.7 Å². The average Bonchev–Trinajstić information content (AvgIpc) is 3.05. The van der Waals surface area contributed by atoms with Crippen LogP contribution in [0.1, 0.15) is 60.9 Å². The minimum Gasteiger partial charge on any atom is -0.444 e. The Hall–Kier alpha value is -4.76. The van der Waals surface area contributed by atoms with Crippen LogP contribution >= 0.6 is 0 Å². The van der Waals surface area contributed by atoms with E-state index in [-0.39, 0.29) is 12.2 Å². The van der Waals surface area contributed by atoms with E-state index >= 15 is 0 Å². The fourth-order valence-corrected chi connectivity index (χ4v) is 5.94. The van der Waals surface area contributed by atoms with Crippen molar-refractivity contribution in [2.75, 3.05) is 11.9 Å². The molecule has 3 rings (SSSR count). The van der Waals surface area contributed by atoms with Gasteiger partial charge in [-0.3, -0.25) is 24.5 Å². The number of carbonyl (C=O) groups excluding carboxylic acids is 4. The van der Waals surface area contributed by atoms with Crippen LogP contribution in [0, 0.1) is 5.92 Å². The van der Waals surface area contributed by atoms with Gasteiger partial charge in [0, 0.05) is 11.8 Å². The Bertz CT molecular complexity index is 1740. The number of ketones is 1. The molecule has 51 heavy (non-hydrogen) atoms. The van der Waals surface area contributed by atoms with Gasteiger partial charge < -0.3 is 24.4 Å². The van der Waals surface area contributed by atoms with Gasteiger partial charge in [0.1, 0.15) is 18.8 Å². The molecule has 0 aliphatic carbocycles. The summed E-state index contributed by atoms with van der Waals surface area (Å²) < 4.78 is 55.2. The first-order valence-corrected chi connectivity index (χ1v) is 19.2. The molecule has 0 saturated carbocycles. The molecule has 3 N–H and O–H groups in total. The van der Waals surface area contributed by atoms with E-state index in [1.807, 2.05) is 0 Å². The van der Waals surface area contributed by atoms with Gasteiger partial charge in [-0.15, -0.1) is 0 Å². The zero-order chi connectivity index (χ0) is 38.1. The van der Waals surface area contributed by atoms with Gasteiger partial charge in [-0.1, -0.05) is 95.3 Å². The Morgan fingerprint density at radius 2 is 1.49 bits per heavy atom. The van der Waals surface area contributed by atoms with Gasteiger partial charge in [-0.25, -0.2) is 4.79 Å². The minimum atomic E-state index is -4.82. The third-order valence-electron chi connectivity index (χ3n) is 8.59. The lowest BCUT2D eigenvalue weighted by Crippen LogP contribution is -2.59. The number of carbonyl (C=O) groups is 4. The molecule has 2 unspecified atom stereocenters. The Morgan fingerprint density at radius 3 is 2.04 bits per heavy atom. The number of ether oxygens (including phenoxy) is 1.